The third-order valence-corrected chi connectivity index (χ3v) is 2.99. The molecule has 0 saturated carbocycles. The van der Waals surface area contributed by atoms with Crippen molar-refractivity contribution < 1.29 is 4.79 Å². The second-order valence-corrected chi connectivity index (χ2v) is 4.26. The van der Waals surface area contributed by atoms with Gasteiger partial charge in [-0.2, -0.15) is 0 Å². The first-order valence-corrected chi connectivity index (χ1v) is 6.11. The number of halogens is 1. The van der Waals surface area contributed by atoms with Crippen molar-refractivity contribution in [1.29, 1.82) is 0 Å². The van der Waals surface area contributed by atoms with E-state index in [9.17, 15) is 4.79 Å². The molecule has 90 valence electrons. The third-order valence-electron chi connectivity index (χ3n) is 2.69. The van der Waals surface area contributed by atoms with Gasteiger partial charge in [-0.05, 0) is 12.8 Å². The van der Waals surface area contributed by atoms with Gasteiger partial charge in [0.05, 0.1) is 16.6 Å². The fourth-order valence-electron chi connectivity index (χ4n) is 1.91. The second kappa shape index (κ2) is 4.84. The smallest absolute Gasteiger partial charge is 0.153 e. The summed E-state index contributed by atoms with van der Waals surface area (Å²) in [4.78, 5) is 22.8. The van der Waals surface area contributed by atoms with E-state index in [4.69, 9.17) is 11.6 Å². The van der Waals surface area contributed by atoms with Gasteiger partial charge in [0, 0.05) is 6.42 Å². The summed E-state index contributed by atoms with van der Waals surface area (Å²) >= 11 is 5.97. The van der Waals surface area contributed by atoms with Gasteiger partial charge in [-0.25, -0.2) is 9.97 Å². The zero-order valence-corrected chi connectivity index (χ0v) is 10.6. The molecule has 5 heteroatoms. The number of hydrogen-bond donors (Lipinski definition) is 1. The molecule has 2 heterocycles. The van der Waals surface area contributed by atoms with E-state index in [1.165, 1.54) is 0 Å². The standard InChI is InChI=1S/C12H14ClN3O/c1-3-5-9-14-8(4-2)10-7(6-17)11(13)16-12(10)15-9/h6H,3-5H2,1-2H3,(H,14,15,16). The predicted molar refractivity (Wildman–Crippen MR) is 67.7 cm³/mol. The lowest BCUT2D eigenvalue weighted by atomic mass is 10.1. The Morgan fingerprint density at radius 2 is 2.12 bits per heavy atom. The van der Waals surface area contributed by atoms with E-state index in [1.54, 1.807) is 0 Å². The number of H-pyrrole nitrogens is 1. The summed E-state index contributed by atoms with van der Waals surface area (Å²) in [6.07, 6.45) is 3.33. The monoisotopic (exact) mass is 251 g/mol. The molecule has 2 aromatic heterocycles. The van der Waals surface area contributed by atoms with Crippen LogP contribution < -0.4 is 0 Å². The van der Waals surface area contributed by atoms with E-state index in [-0.39, 0.29) is 0 Å². The Balaban J connectivity index is 2.72. The van der Waals surface area contributed by atoms with Crippen LogP contribution in [0, 0.1) is 0 Å². The van der Waals surface area contributed by atoms with Gasteiger partial charge in [0.2, 0.25) is 0 Å². The largest absolute Gasteiger partial charge is 0.330 e. The lowest BCUT2D eigenvalue weighted by Gasteiger charge is -2.03. The molecular weight excluding hydrogens is 238 g/mol. The van der Waals surface area contributed by atoms with E-state index in [1.807, 2.05) is 6.92 Å². The fraction of sp³-hybridized carbons (Fsp3) is 0.417. The molecule has 0 fully saturated rings. The number of aldehydes is 1. The van der Waals surface area contributed by atoms with Gasteiger partial charge in [0.1, 0.15) is 16.6 Å². The highest BCUT2D eigenvalue weighted by atomic mass is 35.5. The van der Waals surface area contributed by atoms with Crippen LogP contribution in [0.2, 0.25) is 5.15 Å². The number of nitrogens with one attached hydrogen (secondary N) is 1. The number of aryl methyl sites for hydroxylation is 2. The highest BCUT2D eigenvalue weighted by Crippen LogP contribution is 2.26. The first-order valence-electron chi connectivity index (χ1n) is 5.73. The van der Waals surface area contributed by atoms with Gasteiger partial charge in [-0.15, -0.1) is 0 Å². The number of hydrogen-bond acceptors (Lipinski definition) is 3. The zero-order chi connectivity index (χ0) is 12.4. The summed E-state index contributed by atoms with van der Waals surface area (Å²) in [5, 5.41) is 1.10. The maximum absolute atomic E-state index is 11.0. The van der Waals surface area contributed by atoms with Gasteiger partial charge < -0.3 is 4.98 Å². The van der Waals surface area contributed by atoms with Crippen LogP contribution in [0.4, 0.5) is 0 Å². The van der Waals surface area contributed by atoms with Crippen LogP contribution in [0.15, 0.2) is 0 Å². The van der Waals surface area contributed by atoms with E-state index in [0.29, 0.717) is 16.4 Å². The van der Waals surface area contributed by atoms with Crippen LogP contribution in [-0.2, 0) is 12.8 Å². The summed E-state index contributed by atoms with van der Waals surface area (Å²) in [6.45, 7) is 4.09. The van der Waals surface area contributed by atoms with E-state index in [0.717, 1.165) is 42.5 Å². The van der Waals surface area contributed by atoms with E-state index in [2.05, 4.69) is 21.9 Å². The van der Waals surface area contributed by atoms with Crippen LogP contribution >= 0.6 is 11.6 Å². The SMILES string of the molecule is CCCc1nc(CC)c2c(C=O)c(Cl)[nH]c2n1. The molecule has 2 aromatic rings. The highest BCUT2D eigenvalue weighted by molar-refractivity contribution is 6.33. The number of aromatic nitrogens is 3. The molecule has 0 amide bonds. The van der Waals surface area contributed by atoms with Gasteiger partial charge in [0.25, 0.3) is 0 Å². The molecule has 0 aliphatic rings. The van der Waals surface area contributed by atoms with Gasteiger partial charge in [0.15, 0.2) is 6.29 Å². The summed E-state index contributed by atoms with van der Waals surface area (Å²) in [6, 6.07) is 0. The summed E-state index contributed by atoms with van der Waals surface area (Å²) in [5.74, 6) is 0.798. The number of nitrogens with zero attached hydrogens (tertiary/aromatic N) is 2. The average Bonchev–Trinajstić information content (AvgIpc) is 2.63. The molecule has 4 nitrogen and oxygen atoms in total. The first kappa shape index (κ1) is 12.0. The van der Waals surface area contributed by atoms with Crippen molar-refractivity contribution in [3.05, 3.63) is 22.2 Å². The Bertz CT molecular complexity index is 562. The Kier molecular flexibility index (Phi) is 3.43. The highest BCUT2D eigenvalue weighted by Gasteiger charge is 2.15. The first-order chi connectivity index (χ1) is 8.21. The molecule has 2 rings (SSSR count). The number of carbonyl (C=O) groups excluding carboxylic acids is 1. The molecule has 1 N–H and O–H groups in total. The van der Waals surface area contributed by atoms with Crippen molar-refractivity contribution >= 4 is 28.9 Å². The molecule has 0 radical (unpaired) electrons. The van der Waals surface area contributed by atoms with Crippen molar-refractivity contribution in [2.45, 2.75) is 33.1 Å². The molecule has 17 heavy (non-hydrogen) atoms. The molecule has 0 aromatic carbocycles. The quantitative estimate of drug-likeness (QED) is 0.850. The van der Waals surface area contributed by atoms with Crippen LogP contribution in [-0.4, -0.2) is 21.2 Å². The van der Waals surface area contributed by atoms with Crippen molar-refractivity contribution in [2.75, 3.05) is 0 Å². The van der Waals surface area contributed by atoms with Crippen molar-refractivity contribution in [1.82, 2.24) is 15.0 Å². The Morgan fingerprint density at radius 3 is 2.71 bits per heavy atom. The number of rotatable bonds is 4. The predicted octanol–water partition coefficient (Wildman–Crippen LogP) is 2.94. The maximum Gasteiger partial charge on any atom is 0.153 e. The Morgan fingerprint density at radius 1 is 1.35 bits per heavy atom. The molecule has 0 spiro atoms. The van der Waals surface area contributed by atoms with Crippen molar-refractivity contribution in [2.24, 2.45) is 0 Å². The van der Waals surface area contributed by atoms with Crippen molar-refractivity contribution in [3.63, 3.8) is 0 Å². The summed E-state index contributed by atoms with van der Waals surface area (Å²) in [5.41, 5.74) is 2.00. The third kappa shape index (κ3) is 2.05. The van der Waals surface area contributed by atoms with E-state index < -0.39 is 0 Å². The lowest BCUT2D eigenvalue weighted by molar-refractivity contribution is 0.112. The molecule has 0 bridgehead atoms. The maximum atomic E-state index is 11.0. The van der Waals surface area contributed by atoms with Crippen LogP contribution in [0.3, 0.4) is 0 Å². The lowest BCUT2D eigenvalue weighted by Crippen LogP contribution is -2.00. The molecule has 0 unspecified atom stereocenters. The summed E-state index contributed by atoms with van der Waals surface area (Å²) in [7, 11) is 0. The molecular formula is C12H14ClN3O. The van der Waals surface area contributed by atoms with Crippen molar-refractivity contribution in [3.8, 4) is 0 Å². The van der Waals surface area contributed by atoms with Gasteiger partial charge in [-0.1, -0.05) is 25.4 Å². The normalized spacial score (nSPS) is 11.0. The molecule has 0 atom stereocenters. The topological polar surface area (TPSA) is 58.6 Å². The molecule has 0 aliphatic carbocycles. The Labute approximate surface area is 104 Å². The Hall–Kier alpha value is -1.42. The minimum atomic E-state index is 0.340. The van der Waals surface area contributed by atoms with Gasteiger partial charge >= 0.3 is 0 Å². The van der Waals surface area contributed by atoms with Crippen LogP contribution in [0.5, 0.6) is 0 Å². The second-order valence-electron chi connectivity index (χ2n) is 3.88. The average molecular weight is 252 g/mol. The molecule has 0 saturated heterocycles. The fourth-order valence-corrected chi connectivity index (χ4v) is 2.14. The number of fused-ring (bicyclic) bond motifs is 1. The van der Waals surface area contributed by atoms with Crippen LogP contribution in [0.25, 0.3) is 11.0 Å². The number of carbonyl (C=O) groups is 1. The zero-order valence-electron chi connectivity index (χ0n) is 9.88. The van der Waals surface area contributed by atoms with Crippen LogP contribution in [0.1, 0.15) is 42.1 Å². The minimum Gasteiger partial charge on any atom is -0.330 e. The summed E-state index contributed by atoms with van der Waals surface area (Å²) < 4.78 is 0. The van der Waals surface area contributed by atoms with E-state index >= 15 is 0 Å². The molecule has 0 aliphatic heterocycles. The van der Waals surface area contributed by atoms with Gasteiger partial charge in [-0.3, -0.25) is 4.79 Å². The minimum absolute atomic E-state index is 0.340. The number of aromatic amines is 1.